The van der Waals surface area contributed by atoms with Gasteiger partial charge in [0, 0.05) is 12.0 Å². The highest BCUT2D eigenvalue weighted by Crippen LogP contribution is 2.29. The largest absolute Gasteiger partial charge is 0.416 e. The molecule has 0 amide bonds. The zero-order chi connectivity index (χ0) is 28.4. The van der Waals surface area contributed by atoms with Gasteiger partial charge in [0.2, 0.25) is 0 Å². The minimum Gasteiger partial charge on any atom is -0.285 e. The first-order valence-corrected chi connectivity index (χ1v) is 13.6. The summed E-state index contributed by atoms with van der Waals surface area (Å²) < 4.78 is 38.0. The smallest absolute Gasteiger partial charge is 0.285 e. The summed E-state index contributed by atoms with van der Waals surface area (Å²) >= 11 is 0. The van der Waals surface area contributed by atoms with Crippen LogP contribution in [0.25, 0.3) is 0 Å². The molecule has 6 heteroatoms. The Bertz CT molecular complexity index is 1320. The maximum Gasteiger partial charge on any atom is 0.416 e. The molecule has 0 aliphatic heterocycles. The standard InChI is InChI=1S/C24H28N2O.C9H9F3/c1-4-13-21-20(5-2)24(27)26(22(6-3)25-21)23(18-14-9-7-10-15-18)19-16-11-8-12-17-19;1-2-7-3-5-8(6-4-7)9(10,11)12/h7-12,14-17,23H,4-6,13H2,1-3H3;3-6H,2H2,1H3. The summed E-state index contributed by atoms with van der Waals surface area (Å²) in [4.78, 5) is 18.5. The molecule has 0 aliphatic carbocycles. The number of nitrogens with zero attached hydrogens (tertiary/aromatic N) is 2. The highest BCUT2D eigenvalue weighted by Gasteiger charge is 2.29. The molecule has 4 rings (SSSR count). The summed E-state index contributed by atoms with van der Waals surface area (Å²) in [5.74, 6) is 0.860. The maximum absolute atomic E-state index is 13.6. The number of halogens is 3. The topological polar surface area (TPSA) is 34.9 Å². The molecule has 1 aromatic heterocycles. The van der Waals surface area contributed by atoms with Crippen molar-refractivity contribution in [2.45, 2.75) is 72.0 Å². The van der Waals surface area contributed by atoms with Crippen LogP contribution in [-0.4, -0.2) is 9.55 Å². The zero-order valence-corrected chi connectivity index (χ0v) is 23.1. The summed E-state index contributed by atoms with van der Waals surface area (Å²) in [7, 11) is 0. The van der Waals surface area contributed by atoms with Gasteiger partial charge in [0.05, 0.1) is 17.3 Å². The van der Waals surface area contributed by atoms with Gasteiger partial charge in [0.1, 0.15) is 5.82 Å². The molecule has 0 fully saturated rings. The van der Waals surface area contributed by atoms with E-state index in [1.165, 1.54) is 12.1 Å². The minimum atomic E-state index is -4.22. The van der Waals surface area contributed by atoms with Gasteiger partial charge in [-0.1, -0.05) is 107 Å². The Morgan fingerprint density at radius 2 is 1.28 bits per heavy atom. The number of benzene rings is 3. The summed E-state index contributed by atoms with van der Waals surface area (Å²) in [5, 5.41) is 0. The lowest BCUT2D eigenvalue weighted by atomic mass is 9.97. The van der Waals surface area contributed by atoms with Crippen LogP contribution in [0.4, 0.5) is 13.2 Å². The maximum atomic E-state index is 13.6. The molecule has 0 aliphatic rings. The van der Waals surface area contributed by atoms with Crippen LogP contribution in [-0.2, 0) is 31.9 Å². The number of hydrogen-bond donors (Lipinski definition) is 0. The fourth-order valence-electron chi connectivity index (χ4n) is 4.67. The molecule has 0 unspecified atom stereocenters. The van der Waals surface area contributed by atoms with Crippen molar-refractivity contribution in [2.24, 2.45) is 0 Å². The van der Waals surface area contributed by atoms with Gasteiger partial charge in [-0.05, 0) is 48.1 Å². The van der Waals surface area contributed by atoms with E-state index >= 15 is 0 Å². The third-order valence-corrected chi connectivity index (χ3v) is 6.70. The molecule has 0 N–H and O–H groups in total. The molecule has 39 heavy (non-hydrogen) atoms. The second kappa shape index (κ2) is 13.9. The summed E-state index contributed by atoms with van der Waals surface area (Å²) in [6, 6.07) is 25.6. The van der Waals surface area contributed by atoms with E-state index in [4.69, 9.17) is 4.98 Å². The molecule has 3 nitrogen and oxygen atoms in total. The highest BCUT2D eigenvalue weighted by molar-refractivity contribution is 5.34. The van der Waals surface area contributed by atoms with Crippen molar-refractivity contribution in [1.29, 1.82) is 0 Å². The van der Waals surface area contributed by atoms with E-state index in [-0.39, 0.29) is 11.6 Å². The fourth-order valence-corrected chi connectivity index (χ4v) is 4.67. The van der Waals surface area contributed by atoms with Crippen LogP contribution in [0.3, 0.4) is 0 Å². The molecule has 0 radical (unpaired) electrons. The number of alkyl halides is 3. The normalized spacial score (nSPS) is 11.3. The third kappa shape index (κ3) is 7.47. The summed E-state index contributed by atoms with van der Waals surface area (Å²) in [6.07, 6.45) is -0.168. The monoisotopic (exact) mass is 534 g/mol. The Labute approximate surface area is 229 Å². The molecule has 4 aromatic rings. The predicted molar refractivity (Wildman–Crippen MR) is 152 cm³/mol. The van der Waals surface area contributed by atoms with Crippen LogP contribution < -0.4 is 5.56 Å². The van der Waals surface area contributed by atoms with Gasteiger partial charge < -0.3 is 0 Å². The van der Waals surface area contributed by atoms with Gasteiger partial charge >= 0.3 is 6.18 Å². The Kier molecular flexibility index (Phi) is 10.7. The molecule has 0 saturated heterocycles. The Balaban J connectivity index is 0.000000293. The molecule has 0 spiro atoms. The Morgan fingerprint density at radius 1 is 0.744 bits per heavy atom. The number of aromatic nitrogens is 2. The zero-order valence-electron chi connectivity index (χ0n) is 23.1. The number of aryl methyl sites for hydroxylation is 3. The second-order valence-electron chi connectivity index (χ2n) is 9.36. The van der Waals surface area contributed by atoms with E-state index in [9.17, 15) is 18.0 Å². The minimum absolute atomic E-state index is 0.102. The Hall–Kier alpha value is -3.67. The van der Waals surface area contributed by atoms with Gasteiger partial charge in [-0.15, -0.1) is 0 Å². The van der Waals surface area contributed by atoms with Crippen molar-refractivity contribution in [3.63, 3.8) is 0 Å². The van der Waals surface area contributed by atoms with Crippen LogP contribution >= 0.6 is 0 Å². The van der Waals surface area contributed by atoms with Gasteiger partial charge in [-0.2, -0.15) is 13.2 Å². The van der Waals surface area contributed by atoms with Crippen LogP contribution in [0.15, 0.2) is 89.7 Å². The lowest BCUT2D eigenvalue weighted by molar-refractivity contribution is -0.137. The van der Waals surface area contributed by atoms with E-state index in [1.807, 2.05) is 54.8 Å². The number of hydrogen-bond acceptors (Lipinski definition) is 2. The first-order valence-electron chi connectivity index (χ1n) is 13.6. The molecular formula is C33H37F3N2O. The van der Waals surface area contributed by atoms with E-state index in [2.05, 4.69) is 38.1 Å². The average Bonchev–Trinajstić information content (AvgIpc) is 2.95. The first kappa shape index (κ1) is 29.9. The fraction of sp³-hybridized carbons (Fsp3) is 0.333. The summed E-state index contributed by atoms with van der Waals surface area (Å²) in [6.45, 7) is 8.16. The van der Waals surface area contributed by atoms with Crippen molar-refractivity contribution in [3.05, 3.63) is 135 Å². The predicted octanol–water partition coefficient (Wildman–Crippen LogP) is 8.23. The van der Waals surface area contributed by atoms with Crippen LogP contribution in [0, 0.1) is 0 Å². The van der Waals surface area contributed by atoms with E-state index in [0.717, 1.165) is 71.6 Å². The third-order valence-electron chi connectivity index (χ3n) is 6.70. The number of rotatable bonds is 8. The molecule has 1 heterocycles. The van der Waals surface area contributed by atoms with Crippen molar-refractivity contribution in [2.75, 3.05) is 0 Å². The van der Waals surface area contributed by atoms with Gasteiger partial charge in [-0.3, -0.25) is 9.36 Å². The molecule has 206 valence electrons. The second-order valence-corrected chi connectivity index (χ2v) is 9.36. The van der Waals surface area contributed by atoms with Gasteiger partial charge in [0.25, 0.3) is 5.56 Å². The quantitative estimate of drug-likeness (QED) is 0.228. The van der Waals surface area contributed by atoms with Crippen molar-refractivity contribution < 1.29 is 13.2 Å². The highest BCUT2D eigenvalue weighted by atomic mass is 19.4. The molecule has 0 atom stereocenters. The van der Waals surface area contributed by atoms with Crippen molar-refractivity contribution >= 4 is 0 Å². The van der Waals surface area contributed by atoms with Crippen LogP contribution in [0.1, 0.15) is 79.5 Å². The van der Waals surface area contributed by atoms with Crippen LogP contribution in [0.2, 0.25) is 0 Å². The summed E-state index contributed by atoms with van der Waals surface area (Å²) in [5.41, 5.74) is 4.47. The van der Waals surface area contributed by atoms with E-state index < -0.39 is 11.7 Å². The SMILES string of the molecule is CCCc1nc(CC)n(C(c2ccccc2)c2ccccc2)c(=O)c1CC.CCc1ccc(C(F)(F)F)cc1. The first-order chi connectivity index (χ1) is 18.7. The molecule has 0 saturated carbocycles. The Morgan fingerprint density at radius 3 is 1.69 bits per heavy atom. The van der Waals surface area contributed by atoms with E-state index in [0.29, 0.717) is 6.42 Å². The lowest BCUT2D eigenvalue weighted by Gasteiger charge is -2.25. The van der Waals surface area contributed by atoms with E-state index in [1.54, 1.807) is 0 Å². The van der Waals surface area contributed by atoms with Crippen molar-refractivity contribution in [1.82, 2.24) is 9.55 Å². The average molecular weight is 535 g/mol. The van der Waals surface area contributed by atoms with Crippen molar-refractivity contribution in [3.8, 4) is 0 Å². The van der Waals surface area contributed by atoms with Crippen LogP contribution in [0.5, 0.6) is 0 Å². The molecule has 3 aromatic carbocycles. The van der Waals surface area contributed by atoms with Gasteiger partial charge in [-0.25, -0.2) is 4.98 Å². The lowest BCUT2D eigenvalue weighted by Crippen LogP contribution is -2.34. The van der Waals surface area contributed by atoms with Gasteiger partial charge in [0.15, 0.2) is 0 Å². The molecule has 0 bridgehead atoms. The molecular weight excluding hydrogens is 497 g/mol.